The zero-order valence-corrected chi connectivity index (χ0v) is 26.4. The van der Waals surface area contributed by atoms with Crippen LogP contribution in [0.4, 0.5) is 0 Å². The third kappa shape index (κ3) is 4.07. The van der Waals surface area contributed by atoms with Gasteiger partial charge >= 0.3 is 0 Å². The average molecular weight is 587 g/mol. The predicted molar refractivity (Wildman–Crippen MR) is 200 cm³/mol. The average Bonchev–Trinajstić information content (AvgIpc) is 3.09. The van der Waals surface area contributed by atoms with Crippen LogP contribution in [0.1, 0.15) is 26.3 Å². The summed E-state index contributed by atoms with van der Waals surface area (Å²) in [5.41, 5.74) is 9.09. The van der Waals surface area contributed by atoms with Crippen LogP contribution in [0.3, 0.4) is 0 Å². The number of hydrogen-bond donors (Lipinski definition) is 0. The van der Waals surface area contributed by atoms with Gasteiger partial charge < -0.3 is 0 Å². The van der Waals surface area contributed by atoms with Crippen LogP contribution in [0.15, 0.2) is 152 Å². The van der Waals surface area contributed by atoms with Gasteiger partial charge in [0.15, 0.2) is 0 Å². The van der Waals surface area contributed by atoms with Crippen molar-refractivity contribution in [1.82, 2.24) is 0 Å². The molecule has 9 aromatic rings. The Morgan fingerprint density at radius 2 is 0.804 bits per heavy atom. The standard InChI is InChI=1S/C46H34/c1-46(2,3)33-21-19-30(20-22-33)34-23-25-40-39-18-10-16-37-35(24-26-41(45(37)39)38-17-9-15-36(34)44(38)40)43-28-32-14-8-7-13-31(32)27-42(43)29-11-5-4-6-12-29/h4-28H,1-3H3. The van der Waals surface area contributed by atoms with Crippen LogP contribution in [-0.2, 0) is 5.41 Å². The van der Waals surface area contributed by atoms with Crippen molar-refractivity contribution < 1.29 is 0 Å². The highest BCUT2D eigenvalue weighted by Crippen LogP contribution is 2.46. The van der Waals surface area contributed by atoms with E-state index in [0.29, 0.717) is 0 Å². The fourth-order valence-electron chi connectivity index (χ4n) is 7.67. The summed E-state index contributed by atoms with van der Waals surface area (Å²) in [4.78, 5) is 0. The first-order chi connectivity index (χ1) is 22.5. The molecular formula is C46H34. The Balaban J connectivity index is 1.33. The van der Waals surface area contributed by atoms with Gasteiger partial charge in [-0.25, -0.2) is 0 Å². The summed E-state index contributed by atoms with van der Waals surface area (Å²) < 4.78 is 0. The van der Waals surface area contributed by atoms with Crippen molar-refractivity contribution in [1.29, 1.82) is 0 Å². The molecule has 0 aromatic heterocycles. The molecule has 0 aliphatic carbocycles. The summed E-state index contributed by atoms with van der Waals surface area (Å²) >= 11 is 0. The highest BCUT2D eigenvalue weighted by molar-refractivity contribution is 6.35. The fourth-order valence-corrected chi connectivity index (χ4v) is 7.67. The Hall–Kier alpha value is -5.46. The summed E-state index contributed by atoms with van der Waals surface area (Å²) in [7, 11) is 0. The summed E-state index contributed by atoms with van der Waals surface area (Å²) in [5.74, 6) is 0. The molecule has 9 rings (SSSR count). The molecule has 0 aliphatic heterocycles. The Morgan fingerprint density at radius 1 is 0.326 bits per heavy atom. The van der Waals surface area contributed by atoms with E-state index in [0.717, 1.165) is 0 Å². The van der Waals surface area contributed by atoms with E-state index in [1.807, 2.05) is 0 Å². The van der Waals surface area contributed by atoms with Crippen LogP contribution in [-0.4, -0.2) is 0 Å². The van der Waals surface area contributed by atoms with Crippen molar-refractivity contribution >= 4 is 53.9 Å². The van der Waals surface area contributed by atoms with Gasteiger partial charge in [-0.05, 0) is 110 Å². The third-order valence-corrected chi connectivity index (χ3v) is 9.98. The summed E-state index contributed by atoms with van der Waals surface area (Å²) in [6.45, 7) is 6.82. The number of rotatable bonds is 3. The SMILES string of the molecule is CC(C)(C)c1ccc(-c2ccc3c4cccc5c(-c6cc7ccccc7cc6-c6ccccc6)ccc(c6cccc2c36)c54)cc1. The molecule has 9 aromatic carbocycles. The summed E-state index contributed by atoms with van der Waals surface area (Å²) in [5, 5.41) is 13.1. The Bertz CT molecular complexity index is 2560. The third-order valence-electron chi connectivity index (χ3n) is 9.98. The lowest BCUT2D eigenvalue weighted by molar-refractivity contribution is 0.590. The first-order valence-electron chi connectivity index (χ1n) is 16.3. The maximum atomic E-state index is 2.39. The molecule has 0 radical (unpaired) electrons. The molecule has 0 atom stereocenters. The molecule has 0 heteroatoms. The van der Waals surface area contributed by atoms with E-state index in [9.17, 15) is 0 Å². The summed E-state index contributed by atoms with van der Waals surface area (Å²) in [6.07, 6.45) is 0. The normalized spacial score (nSPS) is 12.2. The number of fused-ring (bicyclic) bond motifs is 3. The first-order valence-corrected chi connectivity index (χ1v) is 16.3. The van der Waals surface area contributed by atoms with E-state index in [2.05, 4.69) is 172 Å². The van der Waals surface area contributed by atoms with Crippen molar-refractivity contribution in [2.45, 2.75) is 26.2 Å². The molecule has 0 saturated heterocycles. The smallest absolute Gasteiger partial charge is 0.00201 e. The van der Waals surface area contributed by atoms with E-state index in [1.54, 1.807) is 0 Å². The van der Waals surface area contributed by atoms with Crippen LogP contribution in [0.5, 0.6) is 0 Å². The largest absolute Gasteiger partial charge is 0.0622 e. The van der Waals surface area contributed by atoms with E-state index < -0.39 is 0 Å². The topological polar surface area (TPSA) is 0 Å². The molecule has 46 heavy (non-hydrogen) atoms. The van der Waals surface area contributed by atoms with Gasteiger partial charge in [0.2, 0.25) is 0 Å². The molecule has 0 aliphatic rings. The second kappa shape index (κ2) is 10.0. The van der Waals surface area contributed by atoms with Gasteiger partial charge in [-0.1, -0.05) is 160 Å². The second-order valence-electron chi connectivity index (χ2n) is 13.7. The zero-order valence-electron chi connectivity index (χ0n) is 26.4. The van der Waals surface area contributed by atoms with Crippen LogP contribution < -0.4 is 0 Å². The Labute approximate surface area is 269 Å². The molecule has 0 saturated carbocycles. The quantitative estimate of drug-likeness (QED) is 0.143. The van der Waals surface area contributed by atoms with Crippen LogP contribution >= 0.6 is 0 Å². The van der Waals surface area contributed by atoms with Crippen molar-refractivity contribution in [2.75, 3.05) is 0 Å². The number of benzene rings is 9. The molecule has 0 amide bonds. The predicted octanol–water partition coefficient (Wildman–Crippen LogP) is 13.2. The monoisotopic (exact) mass is 586 g/mol. The molecule has 0 N–H and O–H groups in total. The van der Waals surface area contributed by atoms with Crippen molar-refractivity contribution in [2.24, 2.45) is 0 Å². The minimum atomic E-state index is 0.133. The van der Waals surface area contributed by atoms with Gasteiger partial charge in [0.05, 0.1) is 0 Å². The van der Waals surface area contributed by atoms with Crippen LogP contribution in [0, 0.1) is 0 Å². The van der Waals surface area contributed by atoms with E-state index in [-0.39, 0.29) is 5.41 Å². The maximum absolute atomic E-state index is 2.39. The second-order valence-corrected chi connectivity index (χ2v) is 13.7. The molecular weight excluding hydrogens is 553 g/mol. The Kier molecular flexibility index (Phi) is 5.86. The lowest BCUT2D eigenvalue weighted by Crippen LogP contribution is -2.10. The fraction of sp³-hybridized carbons (Fsp3) is 0.0870. The van der Waals surface area contributed by atoms with Gasteiger partial charge in [-0.15, -0.1) is 0 Å². The van der Waals surface area contributed by atoms with Crippen molar-refractivity contribution in [3.05, 3.63) is 157 Å². The first kappa shape index (κ1) is 26.9. The molecule has 0 bridgehead atoms. The van der Waals surface area contributed by atoms with E-state index in [4.69, 9.17) is 0 Å². The molecule has 218 valence electrons. The van der Waals surface area contributed by atoms with Gasteiger partial charge in [0, 0.05) is 0 Å². The van der Waals surface area contributed by atoms with Crippen molar-refractivity contribution in [3.63, 3.8) is 0 Å². The van der Waals surface area contributed by atoms with E-state index in [1.165, 1.54) is 92.8 Å². The lowest BCUT2D eigenvalue weighted by Gasteiger charge is -2.20. The molecule has 0 spiro atoms. The molecule has 0 unspecified atom stereocenters. The lowest BCUT2D eigenvalue weighted by atomic mass is 9.83. The number of hydrogen-bond acceptors (Lipinski definition) is 0. The molecule has 0 fully saturated rings. The maximum Gasteiger partial charge on any atom is -0.00201 e. The highest BCUT2D eigenvalue weighted by atomic mass is 14.2. The highest BCUT2D eigenvalue weighted by Gasteiger charge is 2.19. The van der Waals surface area contributed by atoms with Crippen LogP contribution in [0.25, 0.3) is 87.2 Å². The molecule has 0 heterocycles. The minimum Gasteiger partial charge on any atom is -0.0622 e. The minimum absolute atomic E-state index is 0.133. The van der Waals surface area contributed by atoms with Crippen molar-refractivity contribution in [3.8, 4) is 33.4 Å². The van der Waals surface area contributed by atoms with Gasteiger partial charge in [0.1, 0.15) is 0 Å². The van der Waals surface area contributed by atoms with Gasteiger partial charge in [0.25, 0.3) is 0 Å². The molecule has 0 nitrogen and oxygen atoms in total. The van der Waals surface area contributed by atoms with Gasteiger partial charge in [-0.3, -0.25) is 0 Å². The van der Waals surface area contributed by atoms with E-state index >= 15 is 0 Å². The van der Waals surface area contributed by atoms with Gasteiger partial charge in [-0.2, -0.15) is 0 Å². The zero-order chi connectivity index (χ0) is 31.0. The Morgan fingerprint density at radius 3 is 1.41 bits per heavy atom. The summed E-state index contributed by atoms with van der Waals surface area (Å²) in [6, 6.07) is 56.6. The van der Waals surface area contributed by atoms with Crippen LogP contribution in [0.2, 0.25) is 0 Å².